The molecule has 1 unspecified atom stereocenters. The molecule has 1 aromatic rings. The van der Waals surface area contributed by atoms with E-state index >= 15 is 0 Å². The van der Waals surface area contributed by atoms with Crippen molar-refractivity contribution >= 4 is 0 Å². The minimum absolute atomic E-state index is 0.201. The molecule has 13 heavy (non-hydrogen) atoms. The Bertz CT molecular complexity index is 272. The van der Waals surface area contributed by atoms with Gasteiger partial charge in [-0.2, -0.15) is 5.10 Å². The van der Waals surface area contributed by atoms with Gasteiger partial charge in [0.25, 0.3) is 0 Å². The Hall–Kier alpha value is -1.07. The summed E-state index contributed by atoms with van der Waals surface area (Å²) in [6.07, 6.45) is 1.64. The summed E-state index contributed by atoms with van der Waals surface area (Å²) in [6, 6.07) is -0.201. The maximum absolute atomic E-state index is 5.86. The number of nitrogens with zero attached hydrogens (tertiary/aromatic N) is 2. The molecule has 1 rings (SSSR count). The van der Waals surface area contributed by atoms with Gasteiger partial charge in [0, 0.05) is 14.2 Å². The summed E-state index contributed by atoms with van der Waals surface area (Å²) in [5.41, 5.74) is 6.71. The standard InChI is InChI=1S/C8H15N3O2/c1-11-8(6(9)5-12-2)7(13-3)4-10-11/h4,6H,5,9H2,1-3H3. The lowest BCUT2D eigenvalue weighted by molar-refractivity contribution is 0.177. The first-order valence-corrected chi connectivity index (χ1v) is 4.01. The molecular formula is C8H15N3O2. The molecule has 74 valence electrons. The van der Waals surface area contributed by atoms with Crippen molar-refractivity contribution in [2.24, 2.45) is 12.8 Å². The van der Waals surface area contributed by atoms with Crippen molar-refractivity contribution in [1.82, 2.24) is 9.78 Å². The van der Waals surface area contributed by atoms with Crippen LogP contribution in [0.15, 0.2) is 6.20 Å². The average molecular weight is 185 g/mol. The van der Waals surface area contributed by atoms with Crippen molar-refractivity contribution in [1.29, 1.82) is 0 Å². The quantitative estimate of drug-likeness (QED) is 0.721. The lowest BCUT2D eigenvalue weighted by Gasteiger charge is -2.12. The minimum Gasteiger partial charge on any atom is -0.493 e. The molecular weight excluding hydrogens is 170 g/mol. The lowest BCUT2D eigenvalue weighted by atomic mass is 10.2. The number of methoxy groups -OCH3 is 2. The summed E-state index contributed by atoms with van der Waals surface area (Å²) >= 11 is 0. The van der Waals surface area contributed by atoms with Crippen LogP contribution in [-0.2, 0) is 11.8 Å². The first-order chi connectivity index (χ1) is 6.20. The van der Waals surface area contributed by atoms with Gasteiger partial charge in [-0.05, 0) is 0 Å². The number of ether oxygens (including phenoxy) is 2. The smallest absolute Gasteiger partial charge is 0.161 e. The van der Waals surface area contributed by atoms with Crippen molar-refractivity contribution in [2.75, 3.05) is 20.8 Å². The number of aromatic nitrogens is 2. The van der Waals surface area contributed by atoms with E-state index in [1.54, 1.807) is 25.1 Å². The van der Waals surface area contributed by atoms with Crippen molar-refractivity contribution in [3.8, 4) is 5.75 Å². The number of rotatable bonds is 4. The first kappa shape index (κ1) is 10.0. The monoisotopic (exact) mass is 185 g/mol. The molecule has 0 amide bonds. The molecule has 2 N–H and O–H groups in total. The Labute approximate surface area is 77.4 Å². The molecule has 0 bridgehead atoms. The third-order valence-corrected chi connectivity index (χ3v) is 1.87. The number of nitrogens with two attached hydrogens (primary N) is 1. The van der Waals surface area contributed by atoms with E-state index in [4.69, 9.17) is 15.2 Å². The molecule has 0 aliphatic heterocycles. The van der Waals surface area contributed by atoms with Gasteiger partial charge in [0.05, 0.1) is 31.6 Å². The molecule has 0 radical (unpaired) electrons. The van der Waals surface area contributed by atoms with Crippen LogP contribution in [0.2, 0.25) is 0 Å². The van der Waals surface area contributed by atoms with Gasteiger partial charge in [-0.3, -0.25) is 4.68 Å². The van der Waals surface area contributed by atoms with E-state index in [1.807, 2.05) is 7.05 Å². The third kappa shape index (κ3) is 1.99. The zero-order valence-corrected chi connectivity index (χ0v) is 8.15. The molecule has 0 aromatic carbocycles. The number of hydrogen-bond acceptors (Lipinski definition) is 4. The van der Waals surface area contributed by atoms with Gasteiger partial charge in [-0.1, -0.05) is 0 Å². The summed E-state index contributed by atoms with van der Waals surface area (Å²) < 4.78 is 11.8. The Balaban J connectivity index is 2.89. The lowest BCUT2D eigenvalue weighted by Crippen LogP contribution is -2.20. The van der Waals surface area contributed by atoms with Crippen LogP contribution in [0.4, 0.5) is 0 Å². The van der Waals surface area contributed by atoms with E-state index in [9.17, 15) is 0 Å². The Morgan fingerprint density at radius 3 is 2.85 bits per heavy atom. The SMILES string of the molecule is COCC(N)c1c(OC)cnn1C. The molecule has 5 heteroatoms. The Morgan fingerprint density at radius 1 is 1.62 bits per heavy atom. The minimum atomic E-state index is -0.201. The van der Waals surface area contributed by atoms with E-state index in [2.05, 4.69) is 5.10 Å². The highest BCUT2D eigenvalue weighted by Crippen LogP contribution is 2.22. The number of hydrogen-bond donors (Lipinski definition) is 1. The second-order valence-electron chi connectivity index (χ2n) is 2.78. The fraction of sp³-hybridized carbons (Fsp3) is 0.625. The van der Waals surface area contributed by atoms with Gasteiger partial charge in [0.15, 0.2) is 5.75 Å². The van der Waals surface area contributed by atoms with Crippen LogP contribution in [-0.4, -0.2) is 30.6 Å². The third-order valence-electron chi connectivity index (χ3n) is 1.87. The molecule has 0 spiro atoms. The molecule has 0 aliphatic carbocycles. The van der Waals surface area contributed by atoms with Crippen LogP contribution in [0.5, 0.6) is 5.75 Å². The van der Waals surface area contributed by atoms with Gasteiger partial charge >= 0.3 is 0 Å². The average Bonchev–Trinajstić information content (AvgIpc) is 2.47. The second-order valence-corrected chi connectivity index (χ2v) is 2.78. The summed E-state index contributed by atoms with van der Waals surface area (Å²) in [6.45, 7) is 0.454. The molecule has 0 saturated carbocycles. The van der Waals surface area contributed by atoms with E-state index in [0.29, 0.717) is 12.4 Å². The molecule has 0 aliphatic rings. The van der Waals surface area contributed by atoms with E-state index in [-0.39, 0.29) is 6.04 Å². The van der Waals surface area contributed by atoms with Crippen LogP contribution in [0.1, 0.15) is 11.7 Å². The van der Waals surface area contributed by atoms with E-state index in [1.165, 1.54) is 0 Å². The van der Waals surface area contributed by atoms with Crippen LogP contribution >= 0.6 is 0 Å². The zero-order valence-electron chi connectivity index (χ0n) is 8.15. The van der Waals surface area contributed by atoms with Crippen LogP contribution < -0.4 is 10.5 Å². The summed E-state index contributed by atoms with van der Waals surface area (Å²) in [7, 11) is 5.04. The molecule has 1 heterocycles. The van der Waals surface area contributed by atoms with Gasteiger partial charge in [-0.15, -0.1) is 0 Å². The van der Waals surface area contributed by atoms with Crippen LogP contribution in [0.3, 0.4) is 0 Å². The van der Waals surface area contributed by atoms with Gasteiger partial charge in [0.1, 0.15) is 0 Å². The van der Waals surface area contributed by atoms with Gasteiger partial charge in [-0.25, -0.2) is 0 Å². The van der Waals surface area contributed by atoms with Crippen molar-refractivity contribution in [3.05, 3.63) is 11.9 Å². The van der Waals surface area contributed by atoms with Crippen LogP contribution in [0.25, 0.3) is 0 Å². The Morgan fingerprint density at radius 2 is 2.31 bits per heavy atom. The normalized spacial score (nSPS) is 12.9. The maximum atomic E-state index is 5.86. The fourth-order valence-corrected chi connectivity index (χ4v) is 1.27. The van der Waals surface area contributed by atoms with Crippen molar-refractivity contribution < 1.29 is 9.47 Å². The molecule has 1 atom stereocenters. The van der Waals surface area contributed by atoms with Gasteiger partial charge in [0.2, 0.25) is 0 Å². The van der Waals surface area contributed by atoms with Crippen LogP contribution in [0, 0.1) is 0 Å². The highest BCUT2D eigenvalue weighted by atomic mass is 16.5. The molecule has 0 fully saturated rings. The maximum Gasteiger partial charge on any atom is 0.161 e. The van der Waals surface area contributed by atoms with Crippen molar-refractivity contribution in [2.45, 2.75) is 6.04 Å². The van der Waals surface area contributed by atoms with Gasteiger partial charge < -0.3 is 15.2 Å². The largest absolute Gasteiger partial charge is 0.493 e. The van der Waals surface area contributed by atoms with E-state index < -0.39 is 0 Å². The summed E-state index contributed by atoms with van der Waals surface area (Å²) in [5, 5.41) is 4.05. The molecule has 5 nitrogen and oxygen atoms in total. The summed E-state index contributed by atoms with van der Waals surface area (Å²) in [4.78, 5) is 0. The van der Waals surface area contributed by atoms with E-state index in [0.717, 1.165) is 5.69 Å². The zero-order chi connectivity index (χ0) is 9.84. The summed E-state index contributed by atoms with van der Waals surface area (Å²) in [5.74, 6) is 0.701. The second kappa shape index (κ2) is 4.25. The highest BCUT2D eigenvalue weighted by molar-refractivity contribution is 5.27. The molecule has 1 aromatic heterocycles. The first-order valence-electron chi connectivity index (χ1n) is 4.01. The topological polar surface area (TPSA) is 62.3 Å². The van der Waals surface area contributed by atoms with Crippen molar-refractivity contribution in [3.63, 3.8) is 0 Å². The fourth-order valence-electron chi connectivity index (χ4n) is 1.27. The Kier molecular flexibility index (Phi) is 3.27. The predicted molar refractivity (Wildman–Crippen MR) is 48.6 cm³/mol. The highest BCUT2D eigenvalue weighted by Gasteiger charge is 2.16. The molecule has 0 saturated heterocycles. The number of aryl methyl sites for hydroxylation is 1. The predicted octanol–water partition coefficient (Wildman–Crippen LogP) is 0.0749.